The summed E-state index contributed by atoms with van der Waals surface area (Å²) in [5.74, 6) is 0.0286. The molecule has 0 saturated heterocycles. The first-order valence-electron chi connectivity index (χ1n) is 5.40. The molecule has 2 heterocycles. The molecule has 1 N–H and O–H groups in total. The molecule has 3 nitrogen and oxygen atoms in total. The van der Waals surface area contributed by atoms with Gasteiger partial charge in [0, 0.05) is 24.0 Å². The monoisotopic (exact) mass is 214 g/mol. The lowest BCUT2D eigenvalue weighted by molar-refractivity contribution is -0.117. The minimum absolute atomic E-state index is 0.0286. The van der Waals surface area contributed by atoms with Gasteiger partial charge in [0.15, 0.2) is 0 Å². The topological polar surface area (TPSA) is 42.0 Å². The lowest BCUT2D eigenvalue weighted by atomic mass is 10.1. The normalized spacial score (nSPS) is 15.2. The highest BCUT2D eigenvalue weighted by molar-refractivity contribution is 5.94. The fourth-order valence-electron chi connectivity index (χ4n) is 1.60. The van der Waals surface area contributed by atoms with Crippen molar-refractivity contribution in [1.29, 1.82) is 0 Å². The molecule has 0 spiro atoms. The summed E-state index contributed by atoms with van der Waals surface area (Å²) in [6, 6.07) is 5.83. The van der Waals surface area contributed by atoms with Gasteiger partial charge >= 0.3 is 0 Å². The first-order chi connectivity index (χ1) is 7.86. The van der Waals surface area contributed by atoms with Crippen LogP contribution in [0.15, 0.2) is 48.2 Å². The van der Waals surface area contributed by atoms with Crippen LogP contribution in [0, 0.1) is 0 Å². The van der Waals surface area contributed by atoms with Crippen molar-refractivity contribution in [3.05, 3.63) is 53.9 Å². The Kier molecular flexibility index (Phi) is 3.49. The second-order valence-corrected chi connectivity index (χ2v) is 3.65. The molecule has 0 bridgehead atoms. The van der Waals surface area contributed by atoms with Crippen LogP contribution in [0.2, 0.25) is 0 Å². The van der Waals surface area contributed by atoms with Crippen LogP contribution in [0.4, 0.5) is 0 Å². The van der Waals surface area contributed by atoms with Crippen LogP contribution >= 0.6 is 0 Å². The lowest BCUT2D eigenvalue weighted by Gasteiger charge is -2.05. The molecule has 0 unspecified atom stereocenters. The number of hydrogen-bond acceptors (Lipinski definition) is 2. The molecule has 3 heteroatoms. The van der Waals surface area contributed by atoms with Crippen molar-refractivity contribution < 1.29 is 4.79 Å². The number of carbonyl (C=O) groups is 1. The molecule has 1 amide bonds. The van der Waals surface area contributed by atoms with Gasteiger partial charge in [-0.05, 0) is 25.0 Å². The molecule has 1 aliphatic rings. The van der Waals surface area contributed by atoms with Gasteiger partial charge in [-0.25, -0.2) is 0 Å². The predicted molar refractivity (Wildman–Crippen MR) is 62.8 cm³/mol. The summed E-state index contributed by atoms with van der Waals surface area (Å²) < 4.78 is 0. The molecule has 0 saturated carbocycles. The first-order valence-corrected chi connectivity index (χ1v) is 5.40. The number of nitrogens with zero attached hydrogens (tertiary/aromatic N) is 1. The Hall–Kier alpha value is -1.90. The van der Waals surface area contributed by atoms with Crippen LogP contribution in [-0.2, 0) is 11.2 Å². The molecule has 0 aliphatic carbocycles. The largest absolute Gasteiger partial charge is 0.349 e. The molecule has 82 valence electrons. The van der Waals surface area contributed by atoms with E-state index in [1.807, 2.05) is 36.4 Å². The van der Waals surface area contributed by atoms with E-state index in [-0.39, 0.29) is 5.91 Å². The van der Waals surface area contributed by atoms with Crippen LogP contribution in [0.1, 0.15) is 12.1 Å². The van der Waals surface area contributed by atoms with E-state index in [9.17, 15) is 4.79 Å². The maximum absolute atomic E-state index is 11.6. The molecule has 1 aromatic rings. The van der Waals surface area contributed by atoms with Gasteiger partial charge in [-0.15, -0.1) is 0 Å². The number of allylic oxidation sites excluding steroid dienone is 2. The van der Waals surface area contributed by atoms with Crippen molar-refractivity contribution in [3.63, 3.8) is 0 Å². The van der Waals surface area contributed by atoms with Crippen molar-refractivity contribution >= 4 is 5.91 Å². The average Bonchev–Trinajstić information content (AvgIpc) is 2.53. The Bertz CT molecular complexity index is 421. The van der Waals surface area contributed by atoms with Gasteiger partial charge in [0.1, 0.15) is 0 Å². The predicted octanol–water partition coefficient (Wildman–Crippen LogP) is 1.63. The number of rotatable bonds is 3. The third-order valence-electron chi connectivity index (χ3n) is 2.48. The van der Waals surface area contributed by atoms with Gasteiger partial charge < -0.3 is 5.32 Å². The van der Waals surface area contributed by atoms with Crippen LogP contribution in [0.25, 0.3) is 0 Å². The number of hydrogen-bond donors (Lipinski definition) is 1. The van der Waals surface area contributed by atoms with E-state index in [0.29, 0.717) is 6.54 Å². The zero-order valence-corrected chi connectivity index (χ0v) is 9.02. The van der Waals surface area contributed by atoms with Crippen molar-refractivity contribution in [2.45, 2.75) is 12.8 Å². The van der Waals surface area contributed by atoms with Crippen LogP contribution in [0.5, 0.6) is 0 Å². The molecule has 0 radical (unpaired) electrons. The summed E-state index contributed by atoms with van der Waals surface area (Å²) >= 11 is 0. The lowest BCUT2D eigenvalue weighted by Crippen LogP contribution is -2.24. The second-order valence-electron chi connectivity index (χ2n) is 3.65. The Morgan fingerprint density at radius 2 is 2.25 bits per heavy atom. The molecule has 16 heavy (non-hydrogen) atoms. The van der Waals surface area contributed by atoms with Crippen molar-refractivity contribution in [2.75, 3.05) is 6.54 Å². The van der Waals surface area contributed by atoms with Crippen LogP contribution in [-0.4, -0.2) is 17.4 Å². The summed E-state index contributed by atoms with van der Waals surface area (Å²) in [5, 5.41) is 2.82. The highest BCUT2D eigenvalue weighted by Gasteiger charge is 2.09. The van der Waals surface area contributed by atoms with Crippen LogP contribution in [0.3, 0.4) is 0 Å². The zero-order valence-electron chi connectivity index (χ0n) is 9.02. The maximum Gasteiger partial charge on any atom is 0.247 e. The summed E-state index contributed by atoms with van der Waals surface area (Å²) in [4.78, 5) is 15.8. The van der Waals surface area contributed by atoms with E-state index in [1.54, 1.807) is 6.20 Å². The average molecular weight is 214 g/mol. The summed E-state index contributed by atoms with van der Waals surface area (Å²) in [6.45, 7) is 0.614. The SMILES string of the molecule is O=C1NCC=CC=C1CCc1ccccn1. The van der Waals surface area contributed by atoms with Gasteiger partial charge in [-0.2, -0.15) is 0 Å². The van der Waals surface area contributed by atoms with E-state index < -0.39 is 0 Å². The molecular weight excluding hydrogens is 200 g/mol. The van der Waals surface area contributed by atoms with Crippen molar-refractivity contribution in [2.24, 2.45) is 0 Å². The third-order valence-corrected chi connectivity index (χ3v) is 2.48. The standard InChI is InChI=1S/C13H14N2O/c16-13-11(5-1-3-10-15-13)7-8-12-6-2-4-9-14-12/h1-6,9H,7-8,10H2,(H,15,16). The Balaban J connectivity index is 1.97. The minimum atomic E-state index is 0.0286. The Morgan fingerprint density at radius 1 is 1.31 bits per heavy atom. The van der Waals surface area contributed by atoms with E-state index in [2.05, 4.69) is 10.3 Å². The number of pyridine rings is 1. The van der Waals surface area contributed by atoms with E-state index in [0.717, 1.165) is 24.1 Å². The molecule has 2 rings (SSSR count). The Morgan fingerprint density at radius 3 is 3.06 bits per heavy atom. The number of aromatic nitrogens is 1. The van der Waals surface area contributed by atoms with Gasteiger partial charge in [-0.1, -0.05) is 24.3 Å². The van der Waals surface area contributed by atoms with Gasteiger partial charge in [0.2, 0.25) is 5.91 Å². The molecular formula is C13H14N2O. The number of nitrogens with one attached hydrogen (secondary N) is 1. The third kappa shape index (κ3) is 2.79. The Labute approximate surface area is 94.9 Å². The minimum Gasteiger partial charge on any atom is -0.349 e. The highest BCUT2D eigenvalue weighted by Crippen LogP contribution is 2.09. The number of aryl methyl sites for hydroxylation is 1. The van der Waals surface area contributed by atoms with Crippen molar-refractivity contribution in [1.82, 2.24) is 10.3 Å². The van der Waals surface area contributed by atoms with Crippen molar-refractivity contribution in [3.8, 4) is 0 Å². The van der Waals surface area contributed by atoms with E-state index in [1.165, 1.54) is 0 Å². The highest BCUT2D eigenvalue weighted by atomic mass is 16.1. The van der Waals surface area contributed by atoms with E-state index >= 15 is 0 Å². The maximum atomic E-state index is 11.6. The van der Waals surface area contributed by atoms with Gasteiger partial charge in [0.25, 0.3) is 0 Å². The number of amides is 1. The van der Waals surface area contributed by atoms with Gasteiger partial charge in [0.05, 0.1) is 0 Å². The fraction of sp³-hybridized carbons (Fsp3) is 0.231. The molecule has 0 fully saturated rings. The summed E-state index contributed by atoms with van der Waals surface area (Å²) in [5.41, 5.74) is 1.84. The van der Waals surface area contributed by atoms with Gasteiger partial charge in [-0.3, -0.25) is 9.78 Å². The van der Waals surface area contributed by atoms with E-state index in [4.69, 9.17) is 0 Å². The van der Waals surface area contributed by atoms with Crippen LogP contribution < -0.4 is 5.32 Å². The summed E-state index contributed by atoms with van der Waals surface area (Å²) in [7, 11) is 0. The molecule has 0 aromatic carbocycles. The molecule has 1 aliphatic heterocycles. The first kappa shape index (κ1) is 10.6. The quantitative estimate of drug-likeness (QED) is 0.830. The smallest absolute Gasteiger partial charge is 0.247 e. The molecule has 0 atom stereocenters. The fourth-order valence-corrected chi connectivity index (χ4v) is 1.60. The number of carbonyl (C=O) groups excluding carboxylic acids is 1. The zero-order chi connectivity index (χ0) is 11.2. The molecule has 1 aromatic heterocycles. The second kappa shape index (κ2) is 5.26. The summed E-state index contributed by atoms with van der Waals surface area (Å²) in [6.07, 6.45) is 9.04.